The maximum absolute atomic E-state index is 13.0. The first-order chi connectivity index (χ1) is 27.0. The topological polar surface area (TPSA) is 100 Å². The van der Waals surface area contributed by atoms with Crippen molar-refractivity contribution < 1.29 is 19.4 Å². The fourth-order valence-corrected chi connectivity index (χ4v) is 7.62. The number of para-hydroxylation sites is 2. The maximum Gasteiger partial charge on any atom is 0.271 e. The van der Waals surface area contributed by atoms with Gasteiger partial charge in [-0.1, -0.05) is 110 Å². The van der Waals surface area contributed by atoms with Crippen LogP contribution >= 0.6 is 0 Å². The Bertz CT molecular complexity index is 2210. The lowest BCUT2D eigenvalue weighted by atomic mass is 9.89. The molecule has 9 heteroatoms. The Balaban J connectivity index is 0.969. The van der Waals surface area contributed by atoms with E-state index < -0.39 is 6.29 Å². The quantitative estimate of drug-likeness (QED) is 0.143. The van der Waals surface area contributed by atoms with Crippen LogP contribution in [-0.2, 0) is 29.2 Å². The van der Waals surface area contributed by atoms with E-state index in [0.29, 0.717) is 12.1 Å². The van der Waals surface area contributed by atoms with Gasteiger partial charge in [0.15, 0.2) is 6.29 Å². The van der Waals surface area contributed by atoms with Crippen LogP contribution in [0.4, 0.5) is 0 Å². The summed E-state index contributed by atoms with van der Waals surface area (Å²) in [5.41, 5.74) is 9.02. The van der Waals surface area contributed by atoms with Crippen LogP contribution in [0.25, 0.3) is 22.2 Å². The molecule has 55 heavy (non-hydrogen) atoms. The van der Waals surface area contributed by atoms with E-state index >= 15 is 0 Å². The molecule has 2 aliphatic heterocycles. The molecule has 0 spiro atoms. The number of rotatable bonds is 11. The fraction of sp³-hybridized carbons (Fsp3) is 0.283. The SMILES string of the molecule is CC1C(CN2CCN(Cc3ccccc3)CC2)OC(c2cccc(-c3cccc(CNC(=O)c4cnc5ccccc5n4)c3)c2)OC1c1ccc(CO)cc1. The van der Waals surface area contributed by atoms with Gasteiger partial charge in [-0.25, -0.2) is 4.98 Å². The molecule has 4 unspecified atom stereocenters. The first kappa shape index (κ1) is 36.7. The van der Waals surface area contributed by atoms with Crippen LogP contribution in [0.3, 0.4) is 0 Å². The molecule has 9 nitrogen and oxygen atoms in total. The van der Waals surface area contributed by atoms with Crippen LogP contribution < -0.4 is 5.32 Å². The van der Waals surface area contributed by atoms with Crippen LogP contribution in [0.5, 0.6) is 0 Å². The highest BCUT2D eigenvalue weighted by molar-refractivity contribution is 5.93. The van der Waals surface area contributed by atoms with Crippen molar-refractivity contribution in [1.82, 2.24) is 25.1 Å². The molecule has 1 aromatic heterocycles. The molecule has 0 saturated carbocycles. The summed E-state index contributed by atoms with van der Waals surface area (Å²) >= 11 is 0. The van der Waals surface area contributed by atoms with E-state index in [0.717, 1.165) is 78.2 Å². The molecule has 8 rings (SSSR count). The fourth-order valence-electron chi connectivity index (χ4n) is 7.62. The van der Waals surface area contributed by atoms with E-state index in [1.807, 2.05) is 54.6 Å². The first-order valence-electron chi connectivity index (χ1n) is 19.2. The lowest BCUT2D eigenvalue weighted by Crippen LogP contribution is -2.51. The molecule has 2 saturated heterocycles. The Morgan fingerprint density at radius 1 is 0.727 bits per heavy atom. The third-order valence-corrected chi connectivity index (χ3v) is 10.8. The van der Waals surface area contributed by atoms with E-state index in [-0.39, 0.29) is 36.3 Å². The summed E-state index contributed by atoms with van der Waals surface area (Å²) in [5, 5.41) is 12.7. The van der Waals surface area contributed by atoms with Crippen molar-refractivity contribution >= 4 is 16.9 Å². The smallest absolute Gasteiger partial charge is 0.271 e. The summed E-state index contributed by atoms with van der Waals surface area (Å²) in [7, 11) is 0. The summed E-state index contributed by atoms with van der Waals surface area (Å²) in [6, 6.07) is 42.9. The van der Waals surface area contributed by atoms with Crippen LogP contribution in [0, 0.1) is 5.92 Å². The highest BCUT2D eigenvalue weighted by atomic mass is 16.7. The minimum atomic E-state index is -0.562. The monoisotopic (exact) mass is 733 g/mol. The number of aromatic nitrogens is 2. The largest absolute Gasteiger partial charge is 0.392 e. The van der Waals surface area contributed by atoms with Gasteiger partial charge < -0.3 is 19.9 Å². The van der Waals surface area contributed by atoms with Gasteiger partial charge in [-0.15, -0.1) is 0 Å². The zero-order valence-corrected chi connectivity index (χ0v) is 31.1. The van der Waals surface area contributed by atoms with Crippen molar-refractivity contribution in [2.75, 3.05) is 32.7 Å². The summed E-state index contributed by atoms with van der Waals surface area (Å²) < 4.78 is 13.7. The lowest BCUT2D eigenvalue weighted by Gasteiger charge is -2.44. The average Bonchev–Trinajstić information content (AvgIpc) is 3.24. The molecular weight excluding hydrogens is 687 g/mol. The van der Waals surface area contributed by atoms with Gasteiger partial charge in [0.2, 0.25) is 0 Å². The van der Waals surface area contributed by atoms with Crippen molar-refractivity contribution in [3.63, 3.8) is 0 Å². The number of aliphatic hydroxyl groups excluding tert-OH is 1. The van der Waals surface area contributed by atoms with E-state index in [4.69, 9.17) is 9.47 Å². The molecule has 3 heterocycles. The van der Waals surface area contributed by atoms with Gasteiger partial charge in [0.1, 0.15) is 5.69 Å². The molecule has 0 bridgehead atoms. The molecule has 4 atom stereocenters. The maximum atomic E-state index is 13.0. The minimum absolute atomic E-state index is 0.00543. The number of benzene rings is 5. The molecule has 280 valence electrons. The van der Waals surface area contributed by atoms with E-state index in [2.05, 4.69) is 105 Å². The van der Waals surface area contributed by atoms with Crippen molar-refractivity contribution in [2.24, 2.45) is 5.92 Å². The van der Waals surface area contributed by atoms with Gasteiger partial charge >= 0.3 is 0 Å². The molecule has 1 amide bonds. The van der Waals surface area contributed by atoms with Crippen molar-refractivity contribution in [3.05, 3.63) is 167 Å². The number of carbonyl (C=O) groups is 1. The van der Waals surface area contributed by atoms with Gasteiger partial charge in [0.25, 0.3) is 5.91 Å². The van der Waals surface area contributed by atoms with Gasteiger partial charge in [-0.2, -0.15) is 0 Å². The number of nitrogens with one attached hydrogen (secondary N) is 1. The normalized spacial score (nSPS) is 20.7. The standard InChI is InChI=1S/C46H47N5O4/c1-32-43(30-51-23-21-50(22-24-51)29-33-9-3-2-4-10-33)54-46(55-44(32)36-19-17-34(31-52)18-20-36)39-14-8-13-38(26-39)37-12-7-11-35(25-37)27-48-45(53)42-28-47-40-15-5-6-16-41(40)49-42/h2-20,25-26,28,32,43-44,46,52H,21-24,27,29-31H2,1H3,(H,48,53). The third kappa shape index (κ3) is 8.83. The van der Waals surface area contributed by atoms with E-state index in [1.165, 1.54) is 11.8 Å². The van der Waals surface area contributed by atoms with Crippen LogP contribution in [0.1, 0.15) is 57.6 Å². The Hall–Kier alpha value is -5.29. The van der Waals surface area contributed by atoms with Crippen molar-refractivity contribution in [3.8, 4) is 11.1 Å². The molecular formula is C46H47N5O4. The number of hydrogen-bond donors (Lipinski definition) is 2. The number of amides is 1. The number of fused-ring (bicyclic) bond motifs is 1. The number of nitrogens with zero attached hydrogens (tertiary/aromatic N) is 4. The second-order valence-electron chi connectivity index (χ2n) is 14.6. The number of piperazine rings is 1. The van der Waals surface area contributed by atoms with Crippen molar-refractivity contribution in [2.45, 2.75) is 45.1 Å². The minimum Gasteiger partial charge on any atom is -0.392 e. The summed E-state index contributed by atoms with van der Waals surface area (Å²) in [6.45, 7) is 8.40. The van der Waals surface area contributed by atoms with Crippen LogP contribution in [0.2, 0.25) is 0 Å². The second kappa shape index (κ2) is 17.0. The molecule has 2 fully saturated rings. The Morgan fingerprint density at radius 3 is 2.20 bits per heavy atom. The second-order valence-corrected chi connectivity index (χ2v) is 14.6. The highest BCUT2D eigenvalue weighted by Gasteiger charge is 2.39. The first-order valence-corrected chi connectivity index (χ1v) is 19.2. The average molecular weight is 734 g/mol. The number of hydrogen-bond acceptors (Lipinski definition) is 8. The summed E-state index contributed by atoms with van der Waals surface area (Å²) in [6.07, 6.45) is 0.722. The van der Waals surface area contributed by atoms with Gasteiger partial charge in [-0.3, -0.25) is 19.6 Å². The Labute approximate surface area is 322 Å². The predicted octanol–water partition coefficient (Wildman–Crippen LogP) is 7.33. The zero-order chi connectivity index (χ0) is 37.6. The predicted molar refractivity (Wildman–Crippen MR) is 214 cm³/mol. The molecule has 2 N–H and O–H groups in total. The molecule has 2 aliphatic rings. The molecule has 5 aromatic carbocycles. The number of ether oxygens (including phenoxy) is 2. The third-order valence-electron chi connectivity index (χ3n) is 10.8. The zero-order valence-electron chi connectivity index (χ0n) is 31.1. The molecule has 6 aromatic rings. The van der Waals surface area contributed by atoms with E-state index in [1.54, 1.807) is 0 Å². The van der Waals surface area contributed by atoms with Crippen LogP contribution in [-0.4, -0.2) is 69.6 Å². The van der Waals surface area contributed by atoms with Crippen molar-refractivity contribution in [1.29, 1.82) is 0 Å². The van der Waals surface area contributed by atoms with E-state index in [9.17, 15) is 9.90 Å². The number of aliphatic hydroxyl groups is 1. The Kier molecular flexibility index (Phi) is 11.3. The highest BCUT2D eigenvalue weighted by Crippen LogP contribution is 2.42. The van der Waals surface area contributed by atoms with Gasteiger partial charge in [0.05, 0.1) is 36.0 Å². The van der Waals surface area contributed by atoms with Gasteiger partial charge in [0, 0.05) is 57.3 Å². The summed E-state index contributed by atoms with van der Waals surface area (Å²) in [4.78, 5) is 26.9. The lowest BCUT2D eigenvalue weighted by molar-refractivity contribution is -0.276. The van der Waals surface area contributed by atoms with Gasteiger partial charge in [-0.05, 0) is 57.6 Å². The summed E-state index contributed by atoms with van der Waals surface area (Å²) in [5.74, 6) is -0.162. The molecule has 0 radical (unpaired) electrons. The number of carbonyl (C=O) groups excluding carboxylic acids is 1. The molecule has 0 aliphatic carbocycles. The van der Waals surface area contributed by atoms with Crippen LogP contribution in [0.15, 0.2) is 134 Å². The Morgan fingerprint density at radius 2 is 1.42 bits per heavy atom.